The summed E-state index contributed by atoms with van der Waals surface area (Å²) in [5, 5.41) is 1.37. The summed E-state index contributed by atoms with van der Waals surface area (Å²) in [6.45, 7) is 20.0. The van der Waals surface area contributed by atoms with Gasteiger partial charge in [0.25, 0.3) is 0 Å². The third-order valence-electron chi connectivity index (χ3n) is 10.9. The number of hydrogen-bond acceptors (Lipinski definition) is 20. The van der Waals surface area contributed by atoms with Crippen LogP contribution in [0.4, 0.5) is 29.8 Å². The van der Waals surface area contributed by atoms with Gasteiger partial charge in [0.2, 0.25) is 0 Å². The molecule has 0 radical (unpaired) electrons. The number of sulfone groups is 1. The summed E-state index contributed by atoms with van der Waals surface area (Å²) in [5.41, 5.74) is 18.1. The predicted octanol–water partition coefficient (Wildman–Crippen LogP) is 10.5. The van der Waals surface area contributed by atoms with Crippen LogP contribution in [0.1, 0.15) is 81.6 Å². The van der Waals surface area contributed by atoms with E-state index in [0.29, 0.717) is 45.7 Å². The summed E-state index contributed by atoms with van der Waals surface area (Å²) in [7, 11) is -1.87. The van der Waals surface area contributed by atoms with Gasteiger partial charge in [-0.15, -0.1) is 24.4 Å². The van der Waals surface area contributed by atoms with Gasteiger partial charge in [-0.2, -0.15) is 0 Å². The number of carbonyl (C=O) groups excluding carboxylic acids is 3. The topological polar surface area (TPSA) is 249 Å². The molecule has 9 rings (SSSR count). The molecule has 6 N–H and O–H groups in total. The number of likely N-dealkylation sites (tertiary alicyclic amines) is 3. The number of methoxy groups -OCH3 is 1. The Morgan fingerprint density at radius 2 is 1.05 bits per heavy atom. The van der Waals surface area contributed by atoms with Crippen molar-refractivity contribution in [2.24, 2.45) is 0 Å². The van der Waals surface area contributed by atoms with Crippen molar-refractivity contribution in [3.8, 4) is 0 Å². The summed E-state index contributed by atoms with van der Waals surface area (Å²) < 4.78 is 49.9. The van der Waals surface area contributed by atoms with Crippen LogP contribution in [-0.2, 0) is 28.8 Å². The summed E-state index contributed by atoms with van der Waals surface area (Å²) in [5.74, 6) is 0. The number of amides is 3. The van der Waals surface area contributed by atoms with Crippen molar-refractivity contribution in [3.63, 3.8) is 0 Å². The minimum absolute atomic E-state index is 0.139. The molecule has 3 fully saturated rings. The molecular weight excluding hydrogens is 1050 g/mol. The van der Waals surface area contributed by atoms with Crippen LogP contribution in [0, 0.1) is 0 Å². The van der Waals surface area contributed by atoms with Crippen LogP contribution in [0.5, 0.6) is 0 Å². The normalized spacial score (nSPS) is 18.2. The fraction of sp³-hybridized carbons (Fsp3) is 0.510. The van der Waals surface area contributed by atoms with Gasteiger partial charge in [-0.05, 0) is 136 Å². The van der Waals surface area contributed by atoms with E-state index >= 15 is 0 Å². The maximum Gasteiger partial charge on any atom is 0.410 e. The number of thioether (sulfide) groups is 1. The van der Waals surface area contributed by atoms with E-state index < -0.39 is 38.0 Å². The molecular formula is C49H67N9O9S6. The third-order valence-corrected chi connectivity index (χ3v) is 17.2. The van der Waals surface area contributed by atoms with E-state index in [1.165, 1.54) is 43.8 Å². The van der Waals surface area contributed by atoms with E-state index in [9.17, 15) is 22.8 Å². The van der Waals surface area contributed by atoms with Crippen molar-refractivity contribution in [1.29, 1.82) is 0 Å². The predicted molar refractivity (Wildman–Crippen MR) is 298 cm³/mol. The van der Waals surface area contributed by atoms with Gasteiger partial charge in [0.05, 0.1) is 53.4 Å². The summed E-state index contributed by atoms with van der Waals surface area (Å²) >= 11 is 10.3. The molecule has 73 heavy (non-hydrogen) atoms. The van der Waals surface area contributed by atoms with Gasteiger partial charge < -0.3 is 50.8 Å². The minimum atomic E-state index is -3.54. The highest BCUT2D eigenvalue weighted by atomic mass is 32.2. The Kier molecular flexibility index (Phi) is 18.7. The van der Waals surface area contributed by atoms with Gasteiger partial charge in [-0.3, -0.25) is 0 Å². The van der Waals surface area contributed by atoms with E-state index in [1.807, 2.05) is 65.8 Å². The van der Waals surface area contributed by atoms with Gasteiger partial charge in [0.1, 0.15) is 16.8 Å². The molecule has 3 amide bonds. The molecule has 0 spiro atoms. The molecule has 6 heterocycles. The molecule has 398 valence electrons. The summed E-state index contributed by atoms with van der Waals surface area (Å²) in [4.78, 5) is 55.7. The van der Waals surface area contributed by atoms with Crippen LogP contribution in [0.25, 0.3) is 30.6 Å². The Balaban J connectivity index is 0.000000166. The number of nitrogen functional groups attached to an aromatic ring is 3. The molecule has 0 bridgehead atoms. The summed E-state index contributed by atoms with van der Waals surface area (Å²) in [6.07, 6.45) is 1.51. The number of benzene rings is 3. The van der Waals surface area contributed by atoms with Gasteiger partial charge in [-0.25, -0.2) is 37.8 Å². The van der Waals surface area contributed by atoms with Crippen LogP contribution in [0.3, 0.4) is 0 Å². The van der Waals surface area contributed by atoms with E-state index in [0.717, 1.165) is 62.5 Å². The Morgan fingerprint density at radius 3 is 1.56 bits per heavy atom. The average Bonchev–Trinajstić information content (AvgIpc) is 4.14. The number of fused-ring (bicyclic) bond motifs is 3. The Hall–Kier alpha value is -4.85. The maximum atomic E-state index is 12.9. The van der Waals surface area contributed by atoms with Gasteiger partial charge in [0, 0.05) is 54.9 Å². The summed E-state index contributed by atoms with van der Waals surface area (Å²) in [6, 6.07) is 16.8. The first-order valence-corrected chi connectivity index (χ1v) is 28.9. The van der Waals surface area contributed by atoms with Gasteiger partial charge >= 0.3 is 18.3 Å². The van der Waals surface area contributed by atoms with Crippen molar-refractivity contribution < 1.29 is 41.7 Å². The monoisotopic (exact) mass is 1120 g/mol. The molecule has 3 saturated heterocycles. The van der Waals surface area contributed by atoms with Crippen molar-refractivity contribution in [3.05, 3.63) is 54.6 Å². The van der Waals surface area contributed by atoms with Gasteiger partial charge in [-0.1, -0.05) is 34.0 Å². The maximum absolute atomic E-state index is 12.9. The molecule has 3 atom stereocenters. The average molecular weight is 1120 g/mol. The number of nitrogens with two attached hydrogens (primary N) is 3. The number of thiazole rings is 3. The van der Waals surface area contributed by atoms with Crippen molar-refractivity contribution in [2.75, 3.05) is 63.6 Å². The zero-order valence-electron chi connectivity index (χ0n) is 42.9. The standard InChI is InChI=1S/C16H21N3O4S2.C16H21N3O2S2.C10H19NO3.C7H6N2S2/c1-16(2,3)23-15(20)19-7-6-11(9-19)25(21,22)10-4-5-12-13(8-10)24-14(17)18-12;1-16(2,3)21-15(20)19-7-6-11(9-19)22-10-4-5-12-13(8-10)23-14(17)18-12;1-10(2,3)14-9(12)11-6-5-8(7-11)13-4;8-7-9-5-2-1-4(10)3-6(5)11-7/h4-5,8,11H,6-7,9H2,1-3H3,(H2,17,18);4-5,8,11H,6-7,9H2,1-3H3,(H2,17,18);8H,5-7H2,1-4H3;1-3,10H,(H2,8,9)/t2*11-;8-;/m110./s1. The van der Waals surface area contributed by atoms with E-state index in [-0.39, 0.29) is 29.7 Å². The van der Waals surface area contributed by atoms with Crippen molar-refractivity contribution >= 4 is 133 Å². The smallest absolute Gasteiger partial charge is 0.410 e. The van der Waals surface area contributed by atoms with E-state index in [4.69, 9.17) is 36.1 Å². The van der Waals surface area contributed by atoms with Crippen LogP contribution < -0.4 is 17.2 Å². The highest BCUT2D eigenvalue weighted by Crippen LogP contribution is 2.35. The lowest BCUT2D eigenvalue weighted by Crippen LogP contribution is -2.36. The minimum Gasteiger partial charge on any atom is -0.444 e. The number of thiol groups is 1. The first-order chi connectivity index (χ1) is 34.0. The van der Waals surface area contributed by atoms with Crippen LogP contribution in [0.2, 0.25) is 0 Å². The van der Waals surface area contributed by atoms with Gasteiger partial charge in [0.15, 0.2) is 25.2 Å². The molecule has 24 heteroatoms. The van der Waals surface area contributed by atoms with E-state index in [2.05, 4.69) is 39.7 Å². The zero-order valence-corrected chi connectivity index (χ0v) is 47.8. The third kappa shape index (κ3) is 16.8. The molecule has 6 aromatic rings. The Bertz CT molecular complexity index is 3000. The molecule has 3 aliphatic rings. The second-order valence-corrected chi connectivity index (χ2v) is 27.8. The molecule has 18 nitrogen and oxygen atoms in total. The van der Waals surface area contributed by atoms with E-state index in [1.54, 1.807) is 67.6 Å². The zero-order chi connectivity index (χ0) is 53.6. The number of rotatable bonds is 5. The molecule has 3 aromatic carbocycles. The quantitative estimate of drug-likeness (QED) is 0.0925. The molecule has 3 aromatic heterocycles. The number of carbonyl (C=O) groups is 3. The Morgan fingerprint density at radius 1 is 0.616 bits per heavy atom. The molecule has 0 aliphatic carbocycles. The van der Waals surface area contributed by atoms with Crippen molar-refractivity contribution in [1.82, 2.24) is 29.7 Å². The SMILES string of the molecule is CC(C)(C)OC(=O)N1CC[C@@H](S(=O)(=O)c2ccc3nc(N)sc3c2)C1.CC(C)(C)OC(=O)N1CC[C@@H](Sc2ccc3nc(N)sc3c2)C1.CO[C@H]1CCN(C(=O)OC(C)(C)C)C1.Nc1nc2ccc(S)cc2s1. The Labute approximate surface area is 449 Å². The fourth-order valence-electron chi connectivity index (χ4n) is 7.62. The fourth-order valence-corrected chi connectivity index (χ4v) is 13.3. The van der Waals surface area contributed by atoms with Crippen molar-refractivity contribution in [2.45, 2.75) is 130 Å². The highest BCUT2D eigenvalue weighted by Gasteiger charge is 2.38. The molecule has 0 saturated carbocycles. The lowest BCUT2D eigenvalue weighted by atomic mass is 10.2. The highest BCUT2D eigenvalue weighted by molar-refractivity contribution is 8.00. The number of hydrogen-bond donors (Lipinski definition) is 4. The number of aromatic nitrogens is 3. The lowest BCUT2D eigenvalue weighted by molar-refractivity contribution is 0.0249. The number of ether oxygens (including phenoxy) is 4. The molecule has 3 aliphatic heterocycles. The van der Waals surface area contributed by atoms with Crippen LogP contribution >= 0.6 is 58.4 Å². The van der Waals surface area contributed by atoms with Crippen LogP contribution in [-0.4, -0.2) is 136 Å². The number of nitrogens with zero attached hydrogens (tertiary/aromatic N) is 6. The first-order valence-electron chi connectivity index (χ1n) is 23.6. The second-order valence-electron chi connectivity index (χ2n) is 20.5. The lowest BCUT2D eigenvalue weighted by Gasteiger charge is -2.24. The number of anilines is 3. The second kappa shape index (κ2) is 23.8. The largest absolute Gasteiger partial charge is 0.444 e. The van der Waals surface area contributed by atoms with Crippen LogP contribution in [0.15, 0.2) is 69.3 Å². The first kappa shape index (κ1) is 57.4. The molecule has 0 unspecified atom stereocenters.